The number of halogens is 4. The van der Waals surface area contributed by atoms with Gasteiger partial charge in [-0.2, -0.15) is 17.2 Å². The van der Waals surface area contributed by atoms with Crippen molar-refractivity contribution in [2.24, 2.45) is 0 Å². The smallest absolute Gasteiger partial charge is 0.339 e. The zero-order valence-electron chi connectivity index (χ0n) is 21.1. The van der Waals surface area contributed by atoms with Gasteiger partial charge in [-0.25, -0.2) is 17.2 Å². The maximum atomic E-state index is 14.8. The van der Waals surface area contributed by atoms with Crippen molar-refractivity contribution in [2.75, 3.05) is 0 Å². The van der Waals surface area contributed by atoms with Gasteiger partial charge >= 0.3 is 10.1 Å². The lowest BCUT2D eigenvalue weighted by molar-refractivity contribution is 0.362. The van der Waals surface area contributed by atoms with Crippen molar-refractivity contribution < 1.29 is 43.1 Å². The summed E-state index contributed by atoms with van der Waals surface area (Å²) in [5.41, 5.74) is 1.99. The van der Waals surface area contributed by atoms with Crippen molar-refractivity contribution in [1.29, 1.82) is 0 Å². The highest BCUT2D eigenvalue weighted by molar-refractivity contribution is 7.87. The van der Waals surface area contributed by atoms with Gasteiger partial charge < -0.3 is 8.74 Å². The van der Waals surface area contributed by atoms with Crippen LogP contribution in [0, 0.1) is 23.3 Å². The van der Waals surface area contributed by atoms with E-state index in [2.05, 4.69) is 0 Å². The second-order valence-corrected chi connectivity index (χ2v) is 13.7. The maximum Gasteiger partial charge on any atom is 0.339 e. The fourth-order valence-electron chi connectivity index (χ4n) is 6.60. The van der Waals surface area contributed by atoms with Crippen LogP contribution in [0.15, 0.2) is 21.9 Å². The van der Waals surface area contributed by atoms with Gasteiger partial charge in [0.05, 0.1) is 0 Å². The zero-order valence-corrected chi connectivity index (χ0v) is 22.8. The monoisotopic (exact) mass is 589 g/mol. The average molecular weight is 590 g/mol. The Labute approximate surface area is 225 Å². The number of rotatable bonds is 7. The Morgan fingerprint density at radius 1 is 0.615 bits per heavy atom. The first-order chi connectivity index (χ1) is 18.4. The summed E-state index contributed by atoms with van der Waals surface area (Å²) in [7, 11) is -11.0. The fraction of sp³-hybridized carbons (Fsp3) is 0.556. The molecule has 0 unspecified atom stereocenters. The molecule has 0 atom stereocenters. The summed E-state index contributed by atoms with van der Waals surface area (Å²) < 4.78 is 124. The van der Waals surface area contributed by atoms with Crippen LogP contribution in [-0.2, 0) is 20.2 Å². The summed E-state index contributed by atoms with van der Waals surface area (Å²) >= 11 is 0. The molecule has 0 radical (unpaired) electrons. The summed E-state index contributed by atoms with van der Waals surface area (Å²) in [5.74, 6) is -11.9. The molecule has 0 saturated heterocycles. The van der Waals surface area contributed by atoms with Crippen LogP contribution < -0.4 is 4.18 Å². The fourth-order valence-corrected chi connectivity index (χ4v) is 8.69. The molecule has 0 N–H and O–H groups in total. The lowest BCUT2D eigenvalue weighted by Gasteiger charge is -2.25. The van der Waals surface area contributed by atoms with E-state index in [4.69, 9.17) is 4.18 Å². The molecular weight excluding hydrogens is 560 g/mol. The van der Waals surface area contributed by atoms with Crippen LogP contribution in [0.4, 0.5) is 17.6 Å². The highest BCUT2D eigenvalue weighted by Gasteiger charge is 2.38. The van der Waals surface area contributed by atoms with Crippen LogP contribution in [-0.4, -0.2) is 21.4 Å². The second-order valence-electron chi connectivity index (χ2n) is 10.9. The Kier molecular flexibility index (Phi) is 7.75. The highest BCUT2D eigenvalue weighted by atomic mass is 32.2. The van der Waals surface area contributed by atoms with Gasteiger partial charge in [0, 0.05) is 0 Å². The quantitative estimate of drug-likeness (QED) is 0.151. The molecule has 2 aromatic carbocycles. The lowest BCUT2D eigenvalue weighted by Crippen LogP contribution is -2.20. The predicted molar refractivity (Wildman–Crippen MR) is 132 cm³/mol. The summed E-state index contributed by atoms with van der Waals surface area (Å²) in [6, 6.07) is 3.70. The van der Waals surface area contributed by atoms with Crippen molar-refractivity contribution in [3.8, 4) is 5.75 Å². The van der Waals surface area contributed by atoms with Gasteiger partial charge in [0.2, 0.25) is 17.4 Å². The SMILES string of the molecule is O=S(=O)([O-])c1c(F)c(F)c(OS(=O)(=O)c2c(C3CCCC3)cc(C3CCCC3)cc2C2CCCC2)c(F)c1F. The summed E-state index contributed by atoms with van der Waals surface area (Å²) in [5, 5.41) is 0. The first-order valence-electron chi connectivity index (χ1n) is 13.3. The first-order valence-corrected chi connectivity index (χ1v) is 16.2. The molecule has 0 spiro atoms. The zero-order chi connectivity index (χ0) is 28.1. The van der Waals surface area contributed by atoms with Crippen molar-refractivity contribution in [1.82, 2.24) is 0 Å². The molecule has 0 bridgehead atoms. The molecular formula is C27H29F4O6S2-. The minimum atomic E-state index is -5.96. The number of benzene rings is 2. The van der Waals surface area contributed by atoms with E-state index in [1.165, 1.54) is 0 Å². The van der Waals surface area contributed by atoms with E-state index in [-0.39, 0.29) is 22.6 Å². The van der Waals surface area contributed by atoms with E-state index in [0.29, 0.717) is 36.8 Å². The summed E-state index contributed by atoms with van der Waals surface area (Å²) in [4.78, 5) is -2.61. The Morgan fingerprint density at radius 3 is 1.38 bits per heavy atom. The molecule has 214 valence electrons. The van der Waals surface area contributed by atoms with Gasteiger partial charge in [0.15, 0.2) is 11.6 Å². The molecule has 0 amide bonds. The average Bonchev–Trinajstić information content (AvgIpc) is 3.67. The van der Waals surface area contributed by atoms with Gasteiger partial charge in [-0.3, -0.25) is 0 Å². The third-order valence-corrected chi connectivity index (χ3v) is 10.7. The van der Waals surface area contributed by atoms with Gasteiger partial charge in [0.1, 0.15) is 19.9 Å². The first kappa shape index (κ1) is 28.4. The van der Waals surface area contributed by atoms with E-state index in [9.17, 15) is 39.0 Å². The van der Waals surface area contributed by atoms with Gasteiger partial charge in [-0.1, -0.05) is 50.7 Å². The minimum Gasteiger partial charge on any atom is -0.744 e. The van der Waals surface area contributed by atoms with Crippen LogP contribution in [0.5, 0.6) is 5.75 Å². The molecule has 3 saturated carbocycles. The Balaban J connectivity index is 1.70. The van der Waals surface area contributed by atoms with E-state index < -0.39 is 54.2 Å². The Morgan fingerprint density at radius 2 is 1.00 bits per heavy atom. The Hall–Kier alpha value is -2.18. The van der Waals surface area contributed by atoms with Crippen LogP contribution in [0.2, 0.25) is 0 Å². The molecule has 12 heteroatoms. The topological polar surface area (TPSA) is 101 Å². The van der Waals surface area contributed by atoms with Crippen LogP contribution in [0.25, 0.3) is 0 Å². The van der Waals surface area contributed by atoms with E-state index in [1.807, 2.05) is 12.1 Å². The van der Waals surface area contributed by atoms with Crippen molar-refractivity contribution in [3.63, 3.8) is 0 Å². The third-order valence-electron chi connectivity index (χ3n) is 8.46. The van der Waals surface area contributed by atoms with Crippen molar-refractivity contribution in [3.05, 3.63) is 52.1 Å². The lowest BCUT2D eigenvalue weighted by atomic mass is 9.85. The predicted octanol–water partition coefficient (Wildman–Crippen LogP) is 6.89. The third kappa shape index (κ3) is 5.31. The van der Waals surface area contributed by atoms with Crippen LogP contribution >= 0.6 is 0 Å². The summed E-state index contributed by atoms with van der Waals surface area (Å²) in [6.45, 7) is 0. The van der Waals surface area contributed by atoms with Crippen LogP contribution in [0.3, 0.4) is 0 Å². The molecule has 3 aliphatic rings. The number of hydrogen-bond donors (Lipinski definition) is 0. The van der Waals surface area contributed by atoms with Crippen molar-refractivity contribution >= 4 is 20.2 Å². The molecule has 0 heterocycles. The maximum absolute atomic E-state index is 14.8. The number of hydrogen-bond acceptors (Lipinski definition) is 6. The van der Waals surface area contributed by atoms with Gasteiger partial charge in [-0.15, -0.1) is 0 Å². The van der Waals surface area contributed by atoms with Gasteiger partial charge in [0.25, 0.3) is 0 Å². The van der Waals surface area contributed by atoms with E-state index in [0.717, 1.165) is 56.9 Å². The molecule has 3 aliphatic carbocycles. The van der Waals surface area contributed by atoms with Crippen LogP contribution in [0.1, 0.15) is 111 Å². The largest absolute Gasteiger partial charge is 0.744 e. The molecule has 2 aromatic rings. The molecule has 0 aliphatic heterocycles. The highest BCUT2D eigenvalue weighted by Crippen LogP contribution is 2.47. The minimum absolute atomic E-state index is 0.143. The standard InChI is InChI=1S/C27H30F4O6S2/c28-21-23(30)27(38(32,33)34)24(31)22(29)25(21)37-39(35,36)26-19(16-9-3-4-10-16)13-18(15-7-1-2-8-15)14-20(26)17-11-5-6-12-17/h13-17H,1-12H2,(H,32,33,34)/p-1. The van der Waals surface area contributed by atoms with Gasteiger partial charge in [-0.05, 0) is 73.0 Å². The molecule has 6 nitrogen and oxygen atoms in total. The van der Waals surface area contributed by atoms with E-state index >= 15 is 0 Å². The van der Waals surface area contributed by atoms with Crippen molar-refractivity contribution in [2.45, 2.75) is 105 Å². The molecule has 39 heavy (non-hydrogen) atoms. The van der Waals surface area contributed by atoms with E-state index in [1.54, 1.807) is 0 Å². The molecule has 0 aromatic heterocycles. The second kappa shape index (κ2) is 10.7. The Bertz CT molecular complexity index is 1420. The molecule has 5 rings (SSSR count). The summed E-state index contributed by atoms with van der Waals surface area (Å²) in [6.07, 6.45) is 10.4. The molecule has 3 fully saturated rings. The normalized spacial score (nSPS) is 19.8.